The molecule has 7 heteroatoms. The molecule has 0 aliphatic heterocycles. The number of hydrogen-bond acceptors (Lipinski definition) is 4. The van der Waals surface area contributed by atoms with E-state index >= 15 is 0 Å². The molecule has 0 heterocycles. The van der Waals surface area contributed by atoms with Crippen molar-refractivity contribution in [1.29, 1.82) is 0 Å². The zero-order valence-corrected chi connectivity index (χ0v) is 15.3. The van der Waals surface area contributed by atoms with Crippen molar-refractivity contribution < 1.29 is 17.9 Å². The number of carbonyl (C=O) groups excluding carboxylic acids is 1. The van der Waals surface area contributed by atoms with Gasteiger partial charge in [0.15, 0.2) is 0 Å². The molecule has 1 atom stereocenters. The van der Waals surface area contributed by atoms with E-state index in [1.807, 2.05) is 19.1 Å². The minimum Gasteiger partial charge on any atom is -0.497 e. The van der Waals surface area contributed by atoms with Gasteiger partial charge in [0.25, 0.3) is 0 Å². The number of sulfonamides is 1. The SMILES string of the molecule is CCC(NS(=O)(=O)c1ccc(NC(C)=O)cc1)c1ccc(OC)cc1. The van der Waals surface area contributed by atoms with E-state index in [1.54, 1.807) is 31.4 Å². The zero-order valence-electron chi connectivity index (χ0n) is 14.4. The van der Waals surface area contributed by atoms with Gasteiger partial charge in [0.2, 0.25) is 15.9 Å². The molecule has 0 radical (unpaired) electrons. The van der Waals surface area contributed by atoms with Crippen LogP contribution in [-0.4, -0.2) is 21.4 Å². The van der Waals surface area contributed by atoms with Crippen LogP contribution in [0.2, 0.25) is 0 Å². The predicted octanol–water partition coefficient (Wildman–Crippen LogP) is 3.08. The Hall–Kier alpha value is -2.38. The predicted molar refractivity (Wildman–Crippen MR) is 97.1 cm³/mol. The average Bonchev–Trinajstić information content (AvgIpc) is 2.60. The second-order valence-electron chi connectivity index (χ2n) is 5.56. The Morgan fingerprint density at radius 1 is 1.08 bits per heavy atom. The number of anilines is 1. The molecule has 0 bridgehead atoms. The van der Waals surface area contributed by atoms with Crippen LogP contribution in [0.15, 0.2) is 53.4 Å². The molecule has 0 spiro atoms. The Balaban J connectivity index is 2.18. The number of ether oxygens (including phenoxy) is 1. The summed E-state index contributed by atoms with van der Waals surface area (Å²) in [6, 6.07) is 13.0. The number of hydrogen-bond donors (Lipinski definition) is 2. The molecule has 0 aromatic heterocycles. The Labute approximate surface area is 148 Å². The van der Waals surface area contributed by atoms with E-state index in [-0.39, 0.29) is 16.8 Å². The van der Waals surface area contributed by atoms with Crippen LogP contribution in [0.5, 0.6) is 5.75 Å². The van der Waals surface area contributed by atoms with E-state index in [0.717, 1.165) is 11.3 Å². The third kappa shape index (κ3) is 5.04. The second kappa shape index (κ2) is 8.13. The molecule has 6 nitrogen and oxygen atoms in total. The molecule has 0 aliphatic rings. The number of benzene rings is 2. The highest BCUT2D eigenvalue weighted by Gasteiger charge is 2.20. The second-order valence-corrected chi connectivity index (χ2v) is 7.27. The molecule has 0 saturated carbocycles. The largest absolute Gasteiger partial charge is 0.497 e. The smallest absolute Gasteiger partial charge is 0.241 e. The maximum Gasteiger partial charge on any atom is 0.241 e. The Bertz CT molecular complexity index is 815. The van der Waals surface area contributed by atoms with Gasteiger partial charge >= 0.3 is 0 Å². The van der Waals surface area contributed by atoms with Crippen molar-refractivity contribution in [3.05, 3.63) is 54.1 Å². The number of amides is 1. The van der Waals surface area contributed by atoms with Crippen molar-refractivity contribution in [3.63, 3.8) is 0 Å². The molecule has 0 aliphatic carbocycles. The first-order valence-electron chi connectivity index (χ1n) is 7.89. The monoisotopic (exact) mass is 362 g/mol. The van der Waals surface area contributed by atoms with Crippen LogP contribution in [0.1, 0.15) is 31.9 Å². The lowest BCUT2D eigenvalue weighted by Gasteiger charge is -2.18. The van der Waals surface area contributed by atoms with Gasteiger partial charge in [0.1, 0.15) is 5.75 Å². The Kier molecular flexibility index (Phi) is 6.17. The van der Waals surface area contributed by atoms with Crippen molar-refractivity contribution >= 4 is 21.6 Å². The van der Waals surface area contributed by atoms with Crippen LogP contribution in [0.25, 0.3) is 0 Å². The fraction of sp³-hybridized carbons (Fsp3) is 0.278. The van der Waals surface area contributed by atoms with Gasteiger partial charge in [0, 0.05) is 18.7 Å². The highest BCUT2D eigenvalue weighted by atomic mass is 32.2. The fourth-order valence-electron chi connectivity index (χ4n) is 2.40. The van der Waals surface area contributed by atoms with E-state index in [1.165, 1.54) is 19.1 Å². The average molecular weight is 362 g/mol. The minimum absolute atomic E-state index is 0.147. The molecule has 2 rings (SSSR count). The molecule has 0 fully saturated rings. The normalized spacial score (nSPS) is 12.4. The van der Waals surface area contributed by atoms with Gasteiger partial charge in [-0.15, -0.1) is 0 Å². The highest BCUT2D eigenvalue weighted by molar-refractivity contribution is 7.89. The lowest BCUT2D eigenvalue weighted by atomic mass is 10.1. The molecule has 134 valence electrons. The van der Waals surface area contributed by atoms with Crippen LogP contribution in [0.3, 0.4) is 0 Å². The van der Waals surface area contributed by atoms with Crippen LogP contribution in [0.4, 0.5) is 5.69 Å². The van der Waals surface area contributed by atoms with Gasteiger partial charge in [-0.3, -0.25) is 4.79 Å². The van der Waals surface area contributed by atoms with Crippen molar-refractivity contribution in [2.24, 2.45) is 0 Å². The summed E-state index contributed by atoms with van der Waals surface area (Å²) in [7, 11) is -2.09. The van der Waals surface area contributed by atoms with Gasteiger partial charge in [-0.05, 0) is 48.4 Å². The third-order valence-electron chi connectivity index (χ3n) is 3.71. The first-order chi connectivity index (χ1) is 11.9. The van der Waals surface area contributed by atoms with E-state index < -0.39 is 10.0 Å². The lowest BCUT2D eigenvalue weighted by Crippen LogP contribution is -2.28. The summed E-state index contributed by atoms with van der Waals surface area (Å²) in [5.41, 5.74) is 1.41. The third-order valence-corrected chi connectivity index (χ3v) is 5.20. The number of rotatable bonds is 7. The summed E-state index contributed by atoms with van der Waals surface area (Å²) < 4.78 is 33.1. The van der Waals surface area contributed by atoms with Crippen molar-refractivity contribution in [3.8, 4) is 5.75 Å². The van der Waals surface area contributed by atoms with Gasteiger partial charge in [-0.2, -0.15) is 0 Å². The molecule has 2 aromatic carbocycles. The number of carbonyl (C=O) groups is 1. The molecular formula is C18H22N2O4S. The Morgan fingerprint density at radius 3 is 2.16 bits per heavy atom. The topological polar surface area (TPSA) is 84.5 Å². The first kappa shape index (κ1) is 19.0. The molecule has 2 aromatic rings. The molecule has 1 amide bonds. The summed E-state index contributed by atoms with van der Waals surface area (Å²) in [5.74, 6) is 0.509. The lowest BCUT2D eigenvalue weighted by molar-refractivity contribution is -0.114. The van der Waals surface area contributed by atoms with Crippen LogP contribution in [0, 0.1) is 0 Å². The maximum absolute atomic E-state index is 12.6. The van der Waals surface area contributed by atoms with Crippen LogP contribution < -0.4 is 14.8 Å². The summed E-state index contributed by atoms with van der Waals surface area (Å²) in [6.07, 6.45) is 0.607. The first-order valence-corrected chi connectivity index (χ1v) is 9.38. The van der Waals surface area contributed by atoms with Crippen LogP contribution in [-0.2, 0) is 14.8 Å². The van der Waals surface area contributed by atoms with E-state index in [2.05, 4.69) is 10.0 Å². The van der Waals surface area contributed by atoms with Crippen molar-refractivity contribution in [1.82, 2.24) is 4.72 Å². The molecule has 2 N–H and O–H groups in total. The summed E-state index contributed by atoms with van der Waals surface area (Å²) in [5, 5.41) is 2.61. The van der Waals surface area contributed by atoms with Crippen molar-refractivity contribution in [2.75, 3.05) is 12.4 Å². The van der Waals surface area contributed by atoms with Gasteiger partial charge in [0.05, 0.1) is 12.0 Å². The van der Waals surface area contributed by atoms with Gasteiger partial charge in [-0.25, -0.2) is 13.1 Å². The van der Waals surface area contributed by atoms with Gasteiger partial charge in [-0.1, -0.05) is 19.1 Å². The molecule has 25 heavy (non-hydrogen) atoms. The molecule has 0 saturated heterocycles. The fourth-order valence-corrected chi connectivity index (χ4v) is 3.71. The minimum atomic E-state index is -3.67. The quantitative estimate of drug-likeness (QED) is 0.793. The number of methoxy groups -OCH3 is 1. The van der Waals surface area contributed by atoms with E-state index in [9.17, 15) is 13.2 Å². The standard InChI is InChI=1S/C18H22N2O4S/c1-4-18(14-5-9-16(24-3)10-6-14)20-25(22,23)17-11-7-15(8-12-17)19-13(2)21/h5-12,18,20H,4H2,1-3H3,(H,19,21). The maximum atomic E-state index is 12.6. The molecular weight excluding hydrogens is 340 g/mol. The Morgan fingerprint density at radius 2 is 1.68 bits per heavy atom. The highest BCUT2D eigenvalue weighted by Crippen LogP contribution is 2.23. The zero-order chi connectivity index (χ0) is 18.4. The van der Waals surface area contributed by atoms with Crippen molar-refractivity contribution in [2.45, 2.75) is 31.2 Å². The number of nitrogens with one attached hydrogen (secondary N) is 2. The molecule has 1 unspecified atom stereocenters. The van der Waals surface area contributed by atoms with Crippen LogP contribution >= 0.6 is 0 Å². The van der Waals surface area contributed by atoms with E-state index in [4.69, 9.17) is 4.74 Å². The van der Waals surface area contributed by atoms with Gasteiger partial charge < -0.3 is 10.1 Å². The summed E-state index contributed by atoms with van der Waals surface area (Å²) in [4.78, 5) is 11.2. The summed E-state index contributed by atoms with van der Waals surface area (Å²) >= 11 is 0. The van der Waals surface area contributed by atoms with E-state index in [0.29, 0.717) is 12.1 Å². The summed E-state index contributed by atoms with van der Waals surface area (Å²) in [6.45, 7) is 3.31.